The minimum absolute atomic E-state index is 0.0162. The number of carbonyl (C=O) groups is 1. The molecule has 2 saturated heterocycles. The van der Waals surface area contributed by atoms with Crippen LogP contribution in [0, 0.1) is 5.92 Å². The molecule has 0 aromatic heterocycles. The quantitative estimate of drug-likeness (QED) is 0.889. The summed E-state index contributed by atoms with van der Waals surface area (Å²) in [5.74, 6) is 0.307. The smallest absolute Gasteiger partial charge is 0.220 e. The Morgan fingerprint density at radius 3 is 2.48 bits per heavy atom. The van der Waals surface area contributed by atoms with E-state index in [9.17, 15) is 13.2 Å². The first-order valence-corrected chi connectivity index (χ1v) is 10.1. The van der Waals surface area contributed by atoms with Gasteiger partial charge in [-0.1, -0.05) is 12.1 Å². The van der Waals surface area contributed by atoms with E-state index >= 15 is 0 Å². The first-order chi connectivity index (χ1) is 11.0. The molecule has 5 nitrogen and oxygen atoms in total. The van der Waals surface area contributed by atoms with Crippen molar-refractivity contribution >= 4 is 21.4 Å². The number of sulfone groups is 1. The summed E-state index contributed by atoms with van der Waals surface area (Å²) < 4.78 is 22.8. The van der Waals surface area contributed by atoms with Crippen LogP contribution in [0.2, 0.25) is 0 Å². The van der Waals surface area contributed by atoms with Crippen molar-refractivity contribution in [2.45, 2.75) is 32.2 Å². The molecule has 2 aliphatic heterocycles. The Labute approximate surface area is 138 Å². The molecule has 0 unspecified atom stereocenters. The fourth-order valence-electron chi connectivity index (χ4n) is 3.37. The average Bonchev–Trinajstić information content (AvgIpc) is 3.15. The normalized spacial score (nSPS) is 23.1. The van der Waals surface area contributed by atoms with Gasteiger partial charge < -0.3 is 10.2 Å². The number of anilines is 1. The van der Waals surface area contributed by atoms with Crippen molar-refractivity contribution in [3.05, 3.63) is 29.8 Å². The average molecular weight is 336 g/mol. The lowest BCUT2D eigenvalue weighted by molar-refractivity contribution is -0.122. The molecule has 0 saturated carbocycles. The topological polar surface area (TPSA) is 66.5 Å². The van der Waals surface area contributed by atoms with Crippen LogP contribution in [0.3, 0.4) is 0 Å². The molecule has 3 rings (SSSR count). The zero-order valence-corrected chi connectivity index (χ0v) is 14.1. The largest absolute Gasteiger partial charge is 0.372 e. The Kier molecular flexibility index (Phi) is 4.90. The van der Waals surface area contributed by atoms with Crippen molar-refractivity contribution in [3.63, 3.8) is 0 Å². The van der Waals surface area contributed by atoms with Gasteiger partial charge in [-0.2, -0.15) is 0 Å². The van der Waals surface area contributed by atoms with Crippen LogP contribution >= 0.6 is 0 Å². The number of nitrogens with one attached hydrogen (secondary N) is 1. The zero-order chi connectivity index (χ0) is 16.3. The number of carbonyl (C=O) groups excluding carboxylic acids is 1. The van der Waals surface area contributed by atoms with Gasteiger partial charge in [0, 0.05) is 31.7 Å². The maximum atomic E-state index is 11.9. The van der Waals surface area contributed by atoms with Crippen molar-refractivity contribution < 1.29 is 13.2 Å². The molecule has 0 radical (unpaired) electrons. The molecule has 1 aromatic rings. The number of hydrogen-bond acceptors (Lipinski definition) is 4. The van der Waals surface area contributed by atoms with Gasteiger partial charge in [0.15, 0.2) is 9.84 Å². The molecule has 1 N–H and O–H groups in total. The van der Waals surface area contributed by atoms with Crippen molar-refractivity contribution in [2.24, 2.45) is 5.92 Å². The highest BCUT2D eigenvalue weighted by molar-refractivity contribution is 7.91. The van der Waals surface area contributed by atoms with Crippen LogP contribution in [-0.4, -0.2) is 38.9 Å². The van der Waals surface area contributed by atoms with Crippen LogP contribution in [0.25, 0.3) is 0 Å². The molecule has 23 heavy (non-hydrogen) atoms. The fourth-order valence-corrected chi connectivity index (χ4v) is 5.23. The van der Waals surface area contributed by atoms with Gasteiger partial charge in [-0.25, -0.2) is 8.42 Å². The summed E-state index contributed by atoms with van der Waals surface area (Å²) in [6.07, 6.45) is 3.44. The van der Waals surface area contributed by atoms with Crippen LogP contribution in [0.4, 0.5) is 5.69 Å². The van der Waals surface area contributed by atoms with Crippen LogP contribution in [-0.2, 0) is 21.2 Å². The Morgan fingerprint density at radius 2 is 1.87 bits per heavy atom. The molecule has 2 heterocycles. The zero-order valence-electron chi connectivity index (χ0n) is 13.3. The Morgan fingerprint density at radius 1 is 1.17 bits per heavy atom. The lowest BCUT2D eigenvalue weighted by Crippen LogP contribution is -2.25. The third kappa shape index (κ3) is 4.47. The van der Waals surface area contributed by atoms with Crippen LogP contribution in [0.1, 0.15) is 31.2 Å². The second-order valence-electron chi connectivity index (χ2n) is 6.61. The number of nitrogens with zero attached hydrogens (tertiary/aromatic N) is 1. The van der Waals surface area contributed by atoms with E-state index in [-0.39, 0.29) is 23.3 Å². The minimum Gasteiger partial charge on any atom is -0.372 e. The Bertz CT molecular complexity index is 649. The Balaban J connectivity index is 1.45. The van der Waals surface area contributed by atoms with Crippen molar-refractivity contribution in [3.8, 4) is 0 Å². The molecule has 2 aliphatic rings. The molecule has 6 heteroatoms. The van der Waals surface area contributed by atoms with E-state index in [1.165, 1.54) is 18.5 Å². The van der Waals surface area contributed by atoms with Crippen molar-refractivity contribution in [2.75, 3.05) is 29.5 Å². The number of rotatable bonds is 5. The van der Waals surface area contributed by atoms with Gasteiger partial charge in [-0.15, -0.1) is 0 Å². The number of amides is 1. The standard InChI is InChI=1S/C17H24N2O3S/c20-17(11-15-7-10-23(21,22)13-15)18-12-14-3-5-16(6-4-14)19-8-1-2-9-19/h3-6,15H,1-2,7-13H2,(H,18,20)/t15-/m1/s1. The summed E-state index contributed by atoms with van der Waals surface area (Å²) in [7, 11) is -2.91. The van der Waals surface area contributed by atoms with Crippen LogP contribution < -0.4 is 10.2 Å². The highest BCUT2D eigenvalue weighted by Gasteiger charge is 2.29. The predicted molar refractivity (Wildman–Crippen MR) is 91.1 cm³/mol. The van der Waals surface area contributed by atoms with Crippen molar-refractivity contribution in [1.82, 2.24) is 5.32 Å². The maximum absolute atomic E-state index is 11.9. The molecule has 0 bridgehead atoms. The summed E-state index contributed by atoms with van der Waals surface area (Å²) in [6.45, 7) is 2.75. The second-order valence-corrected chi connectivity index (χ2v) is 8.84. The van der Waals surface area contributed by atoms with Gasteiger partial charge in [0.1, 0.15) is 0 Å². The summed E-state index contributed by atoms with van der Waals surface area (Å²) in [6, 6.07) is 8.31. The van der Waals surface area contributed by atoms with E-state index < -0.39 is 9.84 Å². The minimum atomic E-state index is -2.91. The summed E-state index contributed by atoms with van der Waals surface area (Å²) in [5, 5.41) is 2.89. The third-order valence-corrected chi connectivity index (χ3v) is 6.54. The van der Waals surface area contributed by atoms with Crippen LogP contribution in [0.15, 0.2) is 24.3 Å². The van der Waals surface area contributed by atoms with E-state index in [0.717, 1.165) is 18.7 Å². The van der Waals surface area contributed by atoms with E-state index in [4.69, 9.17) is 0 Å². The third-order valence-electron chi connectivity index (χ3n) is 4.70. The molecule has 2 fully saturated rings. The van der Waals surface area contributed by atoms with Gasteiger partial charge in [0.05, 0.1) is 11.5 Å². The highest BCUT2D eigenvalue weighted by atomic mass is 32.2. The van der Waals surface area contributed by atoms with E-state index in [0.29, 0.717) is 19.4 Å². The lowest BCUT2D eigenvalue weighted by Gasteiger charge is -2.17. The van der Waals surface area contributed by atoms with Gasteiger partial charge in [-0.05, 0) is 42.9 Å². The highest BCUT2D eigenvalue weighted by Crippen LogP contribution is 2.22. The predicted octanol–water partition coefficient (Wildman–Crippen LogP) is 1.73. The molecule has 1 amide bonds. The molecule has 1 atom stereocenters. The van der Waals surface area contributed by atoms with Gasteiger partial charge in [0.2, 0.25) is 5.91 Å². The summed E-state index contributed by atoms with van der Waals surface area (Å²) >= 11 is 0. The first-order valence-electron chi connectivity index (χ1n) is 8.33. The van der Waals surface area contributed by atoms with Crippen molar-refractivity contribution in [1.29, 1.82) is 0 Å². The van der Waals surface area contributed by atoms with Gasteiger partial charge in [0.25, 0.3) is 0 Å². The lowest BCUT2D eigenvalue weighted by atomic mass is 10.0. The second kappa shape index (κ2) is 6.91. The van der Waals surface area contributed by atoms with E-state index in [2.05, 4.69) is 22.3 Å². The molecule has 1 aromatic carbocycles. The van der Waals surface area contributed by atoms with Crippen LogP contribution in [0.5, 0.6) is 0 Å². The molecule has 126 valence electrons. The molecular weight excluding hydrogens is 312 g/mol. The van der Waals surface area contributed by atoms with E-state index in [1.54, 1.807) is 0 Å². The summed E-state index contributed by atoms with van der Waals surface area (Å²) in [4.78, 5) is 14.3. The van der Waals surface area contributed by atoms with E-state index in [1.807, 2.05) is 12.1 Å². The fraction of sp³-hybridized carbons (Fsp3) is 0.588. The van der Waals surface area contributed by atoms with Gasteiger partial charge in [-0.3, -0.25) is 4.79 Å². The maximum Gasteiger partial charge on any atom is 0.220 e. The first kappa shape index (κ1) is 16.3. The number of benzene rings is 1. The molecule has 0 aliphatic carbocycles. The molecular formula is C17H24N2O3S. The molecule has 0 spiro atoms. The Hall–Kier alpha value is -1.56. The summed E-state index contributed by atoms with van der Waals surface area (Å²) in [5.41, 5.74) is 2.31. The SMILES string of the molecule is O=C(C[C@H]1CCS(=O)(=O)C1)NCc1ccc(N2CCCC2)cc1. The monoisotopic (exact) mass is 336 g/mol. The number of hydrogen-bond donors (Lipinski definition) is 1. The van der Waals surface area contributed by atoms with Gasteiger partial charge >= 0.3 is 0 Å².